The molecule has 1 amide bonds. The largest absolute Gasteiger partial charge is 0.354 e. The van der Waals surface area contributed by atoms with E-state index >= 15 is 0 Å². The standard InChI is InChI=1S/C16H24N2O/c1-11(2)7-15(17)10-18-16(19)14-8-12-5-3-4-6-13(12)9-14/h3-6,11,14-15H,7-10,17H2,1-2H3,(H,18,19). The lowest BCUT2D eigenvalue weighted by Gasteiger charge is -2.16. The molecule has 0 fully saturated rings. The third-order valence-corrected chi connectivity index (χ3v) is 3.73. The van der Waals surface area contributed by atoms with Crippen LogP contribution >= 0.6 is 0 Å². The van der Waals surface area contributed by atoms with Gasteiger partial charge in [0.05, 0.1) is 0 Å². The molecule has 1 atom stereocenters. The molecule has 3 N–H and O–H groups in total. The van der Waals surface area contributed by atoms with Gasteiger partial charge in [-0.25, -0.2) is 0 Å². The third-order valence-electron chi connectivity index (χ3n) is 3.73. The quantitative estimate of drug-likeness (QED) is 0.849. The SMILES string of the molecule is CC(C)CC(N)CNC(=O)C1Cc2ccccc2C1. The molecular formula is C16H24N2O. The number of rotatable bonds is 5. The van der Waals surface area contributed by atoms with Gasteiger partial charge in [-0.05, 0) is 36.3 Å². The molecule has 0 spiro atoms. The second-order valence-corrected chi connectivity index (χ2v) is 6.01. The van der Waals surface area contributed by atoms with Gasteiger partial charge in [0, 0.05) is 18.5 Å². The lowest BCUT2D eigenvalue weighted by Crippen LogP contribution is -2.40. The Bertz CT molecular complexity index is 417. The van der Waals surface area contributed by atoms with Crippen LogP contribution in [-0.4, -0.2) is 18.5 Å². The summed E-state index contributed by atoms with van der Waals surface area (Å²) in [7, 11) is 0. The molecule has 0 radical (unpaired) electrons. The van der Waals surface area contributed by atoms with Crippen LogP contribution in [-0.2, 0) is 17.6 Å². The molecule has 3 heteroatoms. The number of carbonyl (C=O) groups excluding carboxylic acids is 1. The normalized spacial score (nSPS) is 16.4. The third kappa shape index (κ3) is 3.80. The zero-order valence-corrected chi connectivity index (χ0v) is 11.9. The van der Waals surface area contributed by atoms with Crippen molar-refractivity contribution in [2.45, 2.75) is 39.2 Å². The van der Waals surface area contributed by atoms with E-state index in [2.05, 4.69) is 31.3 Å². The number of benzene rings is 1. The Morgan fingerprint density at radius 3 is 2.42 bits per heavy atom. The Balaban J connectivity index is 1.80. The summed E-state index contributed by atoms with van der Waals surface area (Å²) in [5, 5.41) is 3.00. The van der Waals surface area contributed by atoms with E-state index in [4.69, 9.17) is 5.73 Å². The van der Waals surface area contributed by atoms with Crippen molar-refractivity contribution in [3.8, 4) is 0 Å². The Kier molecular flexibility index (Phi) is 4.59. The van der Waals surface area contributed by atoms with Crippen LogP contribution in [0.5, 0.6) is 0 Å². The maximum Gasteiger partial charge on any atom is 0.223 e. The van der Waals surface area contributed by atoms with Crippen LogP contribution in [0.4, 0.5) is 0 Å². The first-order valence-corrected chi connectivity index (χ1v) is 7.16. The highest BCUT2D eigenvalue weighted by molar-refractivity contribution is 5.80. The fourth-order valence-electron chi connectivity index (χ4n) is 2.81. The number of hydrogen-bond donors (Lipinski definition) is 2. The van der Waals surface area contributed by atoms with E-state index in [1.54, 1.807) is 0 Å². The average molecular weight is 260 g/mol. The van der Waals surface area contributed by atoms with Crippen LogP contribution in [0.25, 0.3) is 0 Å². The summed E-state index contributed by atoms with van der Waals surface area (Å²) in [5.74, 6) is 0.807. The van der Waals surface area contributed by atoms with Crippen LogP contribution in [0.15, 0.2) is 24.3 Å². The minimum Gasteiger partial charge on any atom is -0.354 e. The molecule has 1 aromatic rings. The molecule has 0 heterocycles. The van der Waals surface area contributed by atoms with Gasteiger partial charge < -0.3 is 11.1 Å². The molecule has 0 saturated carbocycles. The minimum atomic E-state index is 0.0627. The highest BCUT2D eigenvalue weighted by Crippen LogP contribution is 2.26. The van der Waals surface area contributed by atoms with E-state index in [1.807, 2.05) is 12.1 Å². The zero-order chi connectivity index (χ0) is 13.8. The molecule has 104 valence electrons. The Morgan fingerprint density at radius 2 is 1.89 bits per heavy atom. The summed E-state index contributed by atoms with van der Waals surface area (Å²) in [6.07, 6.45) is 2.67. The molecule has 3 nitrogen and oxygen atoms in total. The summed E-state index contributed by atoms with van der Waals surface area (Å²) in [6, 6.07) is 8.38. The second-order valence-electron chi connectivity index (χ2n) is 6.01. The van der Waals surface area contributed by atoms with Gasteiger partial charge >= 0.3 is 0 Å². The molecule has 2 rings (SSSR count). The molecule has 0 saturated heterocycles. The van der Waals surface area contributed by atoms with Crippen molar-refractivity contribution in [3.05, 3.63) is 35.4 Å². The molecule has 1 aromatic carbocycles. The predicted molar refractivity (Wildman–Crippen MR) is 77.8 cm³/mol. The van der Waals surface area contributed by atoms with Crippen molar-refractivity contribution in [3.63, 3.8) is 0 Å². The lowest BCUT2D eigenvalue weighted by molar-refractivity contribution is -0.124. The van der Waals surface area contributed by atoms with Crippen LogP contribution in [0, 0.1) is 11.8 Å². The van der Waals surface area contributed by atoms with Crippen LogP contribution in [0.1, 0.15) is 31.4 Å². The predicted octanol–water partition coefficient (Wildman–Crippen LogP) is 1.89. The summed E-state index contributed by atoms with van der Waals surface area (Å²) >= 11 is 0. The first-order chi connectivity index (χ1) is 9.06. The molecule has 1 unspecified atom stereocenters. The topological polar surface area (TPSA) is 55.1 Å². The average Bonchev–Trinajstić information content (AvgIpc) is 2.78. The van der Waals surface area contributed by atoms with Crippen molar-refractivity contribution < 1.29 is 4.79 Å². The van der Waals surface area contributed by atoms with E-state index in [0.29, 0.717) is 12.5 Å². The second kappa shape index (κ2) is 6.20. The molecular weight excluding hydrogens is 236 g/mol. The smallest absolute Gasteiger partial charge is 0.223 e. The van der Waals surface area contributed by atoms with Crippen molar-refractivity contribution in [2.24, 2.45) is 17.6 Å². The summed E-state index contributed by atoms with van der Waals surface area (Å²) in [6.45, 7) is 4.88. The zero-order valence-electron chi connectivity index (χ0n) is 11.9. The molecule has 1 aliphatic rings. The number of carbonyl (C=O) groups is 1. The molecule has 0 bridgehead atoms. The van der Waals surface area contributed by atoms with Crippen molar-refractivity contribution in [1.29, 1.82) is 0 Å². The highest BCUT2D eigenvalue weighted by Gasteiger charge is 2.26. The van der Waals surface area contributed by atoms with Gasteiger partial charge in [-0.15, -0.1) is 0 Å². The van der Waals surface area contributed by atoms with Crippen molar-refractivity contribution in [2.75, 3.05) is 6.54 Å². The van der Waals surface area contributed by atoms with Crippen LogP contribution in [0.2, 0.25) is 0 Å². The van der Waals surface area contributed by atoms with Gasteiger partial charge in [-0.1, -0.05) is 38.1 Å². The Hall–Kier alpha value is -1.35. The fourth-order valence-corrected chi connectivity index (χ4v) is 2.81. The van der Waals surface area contributed by atoms with E-state index in [-0.39, 0.29) is 17.9 Å². The number of nitrogens with one attached hydrogen (secondary N) is 1. The molecule has 0 aliphatic heterocycles. The van der Waals surface area contributed by atoms with Gasteiger partial charge in [0.25, 0.3) is 0 Å². The maximum absolute atomic E-state index is 12.1. The minimum absolute atomic E-state index is 0.0627. The first-order valence-electron chi connectivity index (χ1n) is 7.16. The van der Waals surface area contributed by atoms with Gasteiger partial charge in [0.2, 0.25) is 5.91 Å². The van der Waals surface area contributed by atoms with Crippen molar-refractivity contribution in [1.82, 2.24) is 5.32 Å². The van der Waals surface area contributed by atoms with Crippen LogP contribution in [0.3, 0.4) is 0 Å². The van der Waals surface area contributed by atoms with E-state index in [9.17, 15) is 4.79 Å². The van der Waals surface area contributed by atoms with E-state index < -0.39 is 0 Å². The molecule has 19 heavy (non-hydrogen) atoms. The summed E-state index contributed by atoms with van der Waals surface area (Å²) < 4.78 is 0. The van der Waals surface area contributed by atoms with Crippen LogP contribution < -0.4 is 11.1 Å². The first kappa shape index (κ1) is 14.1. The van der Waals surface area contributed by atoms with E-state index in [0.717, 1.165) is 19.3 Å². The maximum atomic E-state index is 12.1. The Labute approximate surface area is 115 Å². The van der Waals surface area contributed by atoms with Gasteiger partial charge in [-0.2, -0.15) is 0 Å². The number of hydrogen-bond acceptors (Lipinski definition) is 2. The van der Waals surface area contributed by atoms with E-state index in [1.165, 1.54) is 11.1 Å². The molecule has 1 aliphatic carbocycles. The number of fused-ring (bicyclic) bond motifs is 1. The monoisotopic (exact) mass is 260 g/mol. The summed E-state index contributed by atoms with van der Waals surface area (Å²) in [4.78, 5) is 12.1. The Morgan fingerprint density at radius 1 is 1.32 bits per heavy atom. The summed E-state index contributed by atoms with van der Waals surface area (Å²) in [5.41, 5.74) is 8.62. The highest BCUT2D eigenvalue weighted by atomic mass is 16.1. The van der Waals surface area contributed by atoms with Gasteiger partial charge in [0.1, 0.15) is 0 Å². The van der Waals surface area contributed by atoms with Gasteiger partial charge in [-0.3, -0.25) is 4.79 Å². The number of nitrogens with two attached hydrogens (primary N) is 1. The lowest BCUT2D eigenvalue weighted by atomic mass is 10.0. The number of amides is 1. The van der Waals surface area contributed by atoms with Gasteiger partial charge in [0.15, 0.2) is 0 Å². The van der Waals surface area contributed by atoms with Crippen molar-refractivity contribution >= 4 is 5.91 Å². The fraction of sp³-hybridized carbons (Fsp3) is 0.562. The molecule has 0 aromatic heterocycles.